The monoisotopic (exact) mass is 118 g/mol. The predicted molar refractivity (Wildman–Crippen MR) is 3.60 cm³/mol. The average molecular weight is 118 g/mol. The molecule has 0 aromatic heterocycles. The Hall–Kier alpha value is 0.0525. The summed E-state index contributed by atoms with van der Waals surface area (Å²) in [4.78, 5) is 0. The van der Waals surface area contributed by atoms with Crippen LogP contribution in [0, 0.1) is 0 Å². The Labute approximate surface area is 33.4 Å². The Morgan fingerprint density at radius 2 is 1.40 bits per heavy atom. The SMILES string of the molecule is [H+].[H+].[O]=[Cr](=[O])([O-])[O-]. The van der Waals surface area contributed by atoms with E-state index in [2.05, 4.69) is 0 Å². The van der Waals surface area contributed by atoms with Crippen LogP contribution in [0.1, 0.15) is 2.85 Å². The normalized spacial score (nSPS) is 11.6. The van der Waals surface area contributed by atoms with Crippen LogP contribution in [-0.4, -0.2) is 0 Å². The number of hydrogen-bond acceptors (Lipinski definition) is 4. The van der Waals surface area contributed by atoms with Crippen LogP contribution in [0.5, 0.6) is 0 Å². The van der Waals surface area contributed by atoms with Crippen LogP contribution in [0.3, 0.4) is 0 Å². The van der Waals surface area contributed by atoms with Crippen LogP contribution in [0.25, 0.3) is 0 Å². The van der Waals surface area contributed by atoms with Gasteiger partial charge in [0.05, 0.1) is 0 Å². The summed E-state index contributed by atoms with van der Waals surface area (Å²) in [6.07, 6.45) is 0. The first-order chi connectivity index (χ1) is 2.00. The van der Waals surface area contributed by atoms with Crippen LogP contribution in [0.2, 0.25) is 0 Å². The van der Waals surface area contributed by atoms with E-state index in [0.717, 1.165) is 0 Å². The van der Waals surface area contributed by atoms with Gasteiger partial charge in [-0.2, -0.15) is 0 Å². The van der Waals surface area contributed by atoms with E-state index in [4.69, 9.17) is 15.9 Å². The fraction of sp³-hybridized carbons (Fsp3) is 0. The molecule has 0 atom stereocenters. The minimum absolute atomic E-state index is 0. The van der Waals surface area contributed by atoms with Gasteiger partial charge in [-0.05, 0) is 0 Å². The van der Waals surface area contributed by atoms with Crippen molar-refractivity contribution in [1.82, 2.24) is 0 Å². The average Bonchev–Trinajstić information content (AvgIpc) is 0.722. The quantitative estimate of drug-likeness (QED) is 0.355. The second-order valence-electron chi connectivity index (χ2n) is 0.408. The van der Waals surface area contributed by atoms with Crippen LogP contribution in [0.4, 0.5) is 0 Å². The first-order valence-electron chi connectivity index (χ1n) is 0.667. The van der Waals surface area contributed by atoms with Crippen molar-refractivity contribution in [2.75, 3.05) is 0 Å². The van der Waals surface area contributed by atoms with Gasteiger partial charge in [-0.25, -0.2) is 0 Å². The van der Waals surface area contributed by atoms with Gasteiger partial charge < -0.3 is 0 Å². The molecule has 0 aliphatic carbocycles. The molecule has 32 valence electrons. The summed E-state index contributed by atoms with van der Waals surface area (Å²) in [6, 6.07) is 0. The molecule has 4 nitrogen and oxygen atoms in total. The molecule has 0 aromatic rings. The van der Waals surface area contributed by atoms with E-state index in [1.165, 1.54) is 0 Å². The maximum atomic E-state index is 8.59. The molecular formula is H2CrO4. The van der Waals surface area contributed by atoms with Crippen LogP contribution in [0.15, 0.2) is 0 Å². The van der Waals surface area contributed by atoms with E-state index >= 15 is 0 Å². The molecule has 0 fully saturated rings. The summed E-state index contributed by atoms with van der Waals surface area (Å²) in [7, 11) is 0. The van der Waals surface area contributed by atoms with Crippen molar-refractivity contribution in [3.05, 3.63) is 0 Å². The zero-order valence-electron chi connectivity index (χ0n) is 4.04. The Kier molecular flexibility index (Phi) is 1.04. The molecule has 0 aliphatic rings. The Bertz CT molecular complexity index is 92.9. The van der Waals surface area contributed by atoms with Gasteiger partial charge in [0.1, 0.15) is 0 Å². The van der Waals surface area contributed by atoms with Crippen LogP contribution < -0.4 is 8.32 Å². The third kappa shape index (κ3) is 6200. The van der Waals surface area contributed by atoms with Gasteiger partial charge in [0, 0.05) is 0 Å². The third-order valence-electron chi connectivity index (χ3n) is 0. The van der Waals surface area contributed by atoms with E-state index in [0.29, 0.717) is 0 Å². The molecule has 0 saturated heterocycles. The van der Waals surface area contributed by atoms with E-state index in [1.807, 2.05) is 0 Å². The molecule has 0 heterocycles. The molecule has 5 heteroatoms. The second-order valence-corrected chi connectivity index (χ2v) is 1.68. The Balaban J connectivity index is -0.0000000800. The summed E-state index contributed by atoms with van der Waals surface area (Å²) in [6.45, 7) is 0. The van der Waals surface area contributed by atoms with E-state index in [9.17, 15) is 0 Å². The summed E-state index contributed by atoms with van der Waals surface area (Å²) >= 11 is -5.75. The second kappa shape index (κ2) is 1.03. The predicted octanol–water partition coefficient (Wildman–Crippen LogP) is -2.39. The van der Waals surface area contributed by atoms with Gasteiger partial charge in [0.15, 0.2) is 0 Å². The fourth-order valence-electron chi connectivity index (χ4n) is 0. The topological polar surface area (TPSA) is 80.3 Å². The molecule has 0 spiro atoms. The van der Waals surface area contributed by atoms with Gasteiger partial charge >= 0.3 is 32.4 Å². The maximum absolute atomic E-state index is 8.59. The summed E-state index contributed by atoms with van der Waals surface area (Å²) in [5.74, 6) is 0. The van der Waals surface area contributed by atoms with Crippen molar-refractivity contribution in [3.8, 4) is 0 Å². The van der Waals surface area contributed by atoms with Crippen molar-refractivity contribution >= 4 is 0 Å². The van der Waals surface area contributed by atoms with Gasteiger partial charge in [-0.3, -0.25) is 0 Å². The van der Waals surface area contributed by atoms with Crippen LogP contribution in [-0.2, 0) is 21.2 Å². The first-order valence-corrected chi connectivity index (χ1v) is 2.75. The molecule has 0 amide bonds. The van der Waals surface area contributed by atoms with Gasteiger partial charge in [-0.1, -0.05) is 0 Å². The molecule has 0 bridgehead atoms. The molecule has 0 radical (unpaired) electrons. The van der Waals surface area contributed by atoms with Crippen LogP contribution >= 0.6 is 0 Å². The number of rotatable bonds is 0. The molecule has 0 rings (SSSR count). The fourth-order valence-corrected chi connectivity index (χ4v) is 0. The van der Waals surface area contributed by atoms with E-state index < -0.39 is 13.6 Å². The minimum atomic E-state index is -5.75. The molecule has 0 unspecified atom stereocenters. The summed E-state index contributed by atoms with van der Waals surface area (Å²) in [5, 5.41) is 0. The standard InChI is InChI=1S/Cr.4O/q;;;2*-1/p+2. The molecule has 5 heavy (non-hydrogen) atoms. The van der Waals surface area contributed by atoms with Crippen molar-refractivity contribution in [2.45, 2.75) is 0 Å². The first kappa shape index (κ1) is 5.05. The zero-order chi connectivity index (χ0) is 4.50. The van der Waals surface area contributed by atoms with E-state index in [-0.39, 0.29) is 2.85 Å². The molecule has 0 aromatic carbocycles. The van der Waals surface area contributed by atoms with Gasteiger partial charge in [0.2, 0.25) is 0 Å². The van der Waals surface area contributed by atoms with Crippen molar-refractivity contribution < 1.29 is 32.4 Å². The van der Waals surface area contributed by atoms with E-state index in [1.54, 1.807) is 0 Å². The Morgan fingerprint density at radius 3 is 1.40 bits per heavy atom. The van der Waals surface area contributed by atoms with Gasteiger partial charge in [0.25, 0.3) is 0 Å². The summed E-state index contributed by atoms with van der Waals surface area (Å²) < 4.78 is 34.4. The zero-order valence-corrected chi connectivity index (χ0v) is 3.32. The molecular weight excluding hydrogens is 116 g/mol. The third-order valence-corrected chi connectivity index (χ3v) is 0. The molecule has 0 saturated carbocycles. The molecule has 0 aliphatic heterocycles. The van der Waals surface area contributed by atoms with Crippen molar-refractivity contribution in [3.63, 3.8) is 0 Å². The Morgan fingerprint density at radius 1 is 1.40 bits per heavy atom. The number of hydrogen-bond donors (Lipinski definition) is 0. The van der Waals surface area contributed by atoms with Gasteiger partial charge in [-0.15, -0.1) is 0 Å². The van der Waals surface area contributed by atoms with Crippen molar-refractivity contribution in [2.24, 2.45) is 0 Å². The summed E-state index contributed by atoms with van der Waals surface area (Å²) in [5.41, 5.74) is 0. The molecule has 0 N–H and O–H groups in total. The van der Waals surface area contributed by atoms with Crippen molar-refractivity contribution in [1.29, 1.82) is 0 Å².